The average molecular weight is 394 g/mol. The van der Waals surface area contributed by atoms with Crippen LogP contribution in [-0.4, -0.2) is 14.3 Å². The zero-order valence-electron chi connectivity index (χ0n) is 15.7. The number of hydrogen-bond donors (Lipinski definition) is 2. The minimum Gasteiger partial charge on any atom is -0.346 e. The van der Waals surface area contributed by atoms with E-state index >= 15 is 0 Å². The van der Waals surface area contributed by atoms with Gasteiger partial charge in [0.1, 0.15) is 0 Å². The van der Waals surface area contributed by atoms with Crippen molar-refractivity contribution in [3.8, 4) is 0 Å². The molecule has 0 radical (unpaired) electrons. The van der Waals surface area contributed by atoms with Crippen molar-refractivity contribution in [2.45, 2.75) is 24.8 Å². The highest BCUT2D eigenvalue weighted by Gasteiger charge is 2.16. The molecule has 1 atom stereocenters. The van der Waals surface area contributed by atoms with Gasteiger partial charge >= 0.3 is 0 Å². The maximum atomic E-state index is 12.5. The summed E-state index contributed by atoms with van der Waals surface area (Å²) >= 11 is 0. The third kappa shape index (κ3) is 4.78. The lowest BCUT2D eigenvalue weighted by molar-refractivity contribution is 0.0940. The zero-order chi connectivity index (χ0) is 20.1. The van der Waals surface area contributed by atoms with Gasteiger partial charge in [-0.3, -0.25) is 9.52 Å². The Labute approximate surface area is 165 Å². The number of anilines is 1. The number of rotatable bonds is 6. The van der Waals surface area contributed by atoms with E-state index in [0.717, 1.165) is 11.1 Å². The maximum Gasteiger partial charge on any atom is 0.261 e. The first-order chi connectivity index (χ1) is 13.3. The largest absolute Gasteiger partial charge is 0.346 e. The van der Waals surface area contributed by atoms with Crippen LogP contribution in [0, 0.1) is 6.92 Å². The fourth-order valence-electron chi connectivity index (χ4n) is 2.73. The standard InChI is InChI=1S/C22H22N2O3S/c1-16-8-12-20(13-9-16)24-28(26,27)21-14-10-19(11-15-21)22(25)23-17(2)18-6-4-3-5-7-18/h3-15,17,24H,1-2H3,(H,23,25)/t17-/m0/s1. The Balaban J connectivity index is 1.70. The smallest absolute Gasteiger partial charge is 0.261 e. The van der Waals surface area contributed by atoms with Gasteiger partial charge in [-0.1, -0.05) is 48.0 Å². The summed E-state index contributed by atoms with van der Waals surface area (Å²) in [5, 5.41) is 2.91. The molecule has 6 heteroatoms. The van der Waals surface area contributed by atoms with Crippen LogP contribution in [0.2, 0.25) is 0 Å². The molecule has 28 heavy (non-hydrogen) atoms. The molecule has 3 rings (SSSR count). The Morgan fingerprint density at radius 2 is 1.46 bits per heavy atom. The SMILES string of the molecule is Cc1ccc(NS(=O)(=O)c2ccc(C(=O)N[C@@H](C)c3ccccc3)cc2)cc1. The second kappa shape index (κ2) is 8.27. The molecule has 2 N–H and O–H groups in total. The van der Waals surface area contributed by atoms with Gasteiger partial charge in [0, 0.05) is 11.3 Å². The van der Waals surface area contributed by atoms with Crippen LogP contribution in [-0.2, 0) is 10.0 Å². The molecule has 0 aliphatic rings. The first kappa shape index (κ1) is 19.6. The number of nitrogens with one attached hydrogen (secondary N) is 2. The first-order valence-electron chi connectivity index (χ1n) is 8.90. The number of carbonyl (C=O) groups is 1. The van der Waals surface area contributed by atoms with Crippen molar-refractivity contribution in [2.24, 2.45) is 0 Å². The van der Waals surface area contributed by atoms with Crippen LogP contribution in [0.5, 0.6) is 0 Å². The second-order valence-electron chi connectivity index (χ2n) is 6.60. The number of carbonyl (C=O) groups excluding carboxylic acids is 1. The van der Waals surface area contributed by atoms with E-state index in [-0.39, 0.29) is 16.8 Å². The van der Waals surface area contributed by atoms with E-state index in [1.165, 1.54) is 24.3 Å². The van der Waals surface area contributed by atoms with E-state index < -0.39 is 10.0 Å². The van der Waals surface area contributed by atoms with E-state index in [9.17, 15) is 13.2 Å². The van der Waals surface area contributed by atoms with Gasteiger partial charge in [0.05, 0.1) is 10.9 Å². The number of benzene rings is 3. The van der Waals surface area contributed by atoms with Crippen LogP contribution >= 0.6 is 0 Å². The van der Waals surface area contributed by atoms with Crippen molar-refractivity contribution < 1.29 is 13.2 Å². The summed E-state index contributed by atoms with van der Waals surface area (Å²) in [4.78, 5) is 12.5. The maximum absolute atomic E-state index is 12.5. The lowest BCUT2D eigenvalue weighted by Gasteiger charge is -2.14. The van der Waals surface area contributed by atoms with Crippen molar-refractivity contribution in [2.75, 3.05) is 4.72 Å². The van der Waals surface area contributed by atoms with Gasteiger partial charge < -0.3 is 5.32 Å². The summed E-state index contributed by atoms with van der Waals surface area (Å²) in [7, 11) is -3.72. The van der Waals surface area contributed by atoms with Gasteiger partial charge in [0.15, 0.2) is 0 Å². The van der Waals surface area contributed by atoms with Gasteiger partial charge in [0.2, 0.25) is 0 Å². The van der Waals surface area contributed by atoms with Crippen LogP contribution in [0.4, 0.5) is 5.69 Å². The summed E-state index contributed by atoms with van der Waals surface area (Å²) in [6, 6.07) is 22.4. The van der Waals surface area contributed by atoms with Gasteiger partial charge in [-0.05, 0) is 55.8 Å². The molecule has 3 aromatic carbocycles. The van der Waals surface area contributed by atoms with Crippen LogP contribution in [0.1, 0.15) is 34.5 Å². The van der Waals surface area contributed by atoms with E-state index in [1.54, 1.807) is 12.1 Å². The molecule has 0 saturated heterocycles. The van der Waals surface area contributed by atoms with Crippen LogP contribution < -0.4 is 10.0 Å². The van der Waals surface area contributed by atoms with E-state index in [1.807, 2.05) is 56.3 Å². The molecule has 5 nitrogen and oxygen atoms in total. The Bertz CT molecular complexity index is 1050. The third-order valence-corrected chi connectivity index (χ3v) is 5.77. The van der Waals surface area contributed by atoms with Crippen LogP contribution in [0.3, 0.4) is 0 Å². The van der Waals surface area contributed by atoms with E-state index in [2.05, 4.69) is 10.0 Å². The van der Waals surface area contributed by atoms with Crippen LogP contribution in [0.15, 0.2) is 83.8 Å². The van der Waals surface area contributed by atoms with Crippen molar-refractivity contribution in [1.29, 1.82) is 0 Å². The minimum absolute atomic E-state index is 0.0979. The highest BCUT2D eigenvalue weighted by Crippen LogP contribution is 2.18. The Morgan fingerprint density at radius 3 is 2.07 bits per heavy atom. The van der Waals surface area contributed by atoms with Gasteiger partial charge in [-0.15, -0.1) is 0 Å². The summed E-state index contributed by atoms with van der Waals surface area (Å²) in [6.45, 7) is 3.83. The average Bonchev–Trinajstić information content (AvgIpc) is 2.70. The van der Waals surface area contributed by atoms with Crippen LogP contribution in [0.25, 0.3) is 0 Å². The molecule has 3 aromatic rings. The molecule has 0 heterocycles. The predicted octanol–water partition coefficient (Wildman–Crippen LogP) is 4.29. The molecule has 0 aliphatic heterocycles. The van der Waals surface area contributed by atoms with E-state index in [4.69, 9.17) is 0 Å². The molecule has 0 fully saturated rings. The molecule has 0 saturated carbocycles. The predicted molar refractivity (Wildman–Crippen MR) is 111 cm³/mol. The molecule has 144 valence electrons. The fraction of sp³-hybridized carbons (Fsp3) is 0.136. The molecule has 1 amide bonds. The topological polar surface area (TPSA) is 75.3 Å². The highest BCUT2D eigenvalue weighted by atomic mass is 32.2. The molecule has 0 bridgehead atoms. The molecule has 0 aromatic heterocycles. The Hall–Kier alpha value is -3.12. The first-order valence-corrected chi connectivity index (χ1v) is 10.4. The van der Waals surface area contributed by atoms with Gasteiger partial charge in [-0.25, -0.2) is 8.42 Å². The van der Waals surface area contributed by atoms with Gasteiger partial charge in [-0.2, -0.15) is 0 Å². The Kier molecular flexibility index (Phi) is 5.80. The molecule has 0 aliphatic carbocycles. The fourth-order valence-corrected chi connectivity index (χ4v) is 3.78. The summed E-state index contributed by atoms with van der Waals surface area (Å²) in [5.41, 5.74) is 2.93. The number of sulfonamides is 1. The van der Waals surface area contributed by atoms with Crippen molar-refractivity contribution >= 4 is 21.6 Å². The third-order valence-electron chi connectivity index (χ3n) is 4.38. The number of aryl methyl sites for hydroxylation is 1. The monoisotopic (exact) mass is 394 g/mol. The minimum atomic E-state index is -3.72. The lowest BCUT2D eigenvalue weighted by Crippen LogP contribution is -2.26. The highest BCUT2D eigenvalue weighted by molar-refractivity contribution is 7.92. The Morgan fingerprint density at radius 1 is 0.857 bits per heavy atom. The molecular formula is C22H22N2O3S. The van der Waals surface area contributed by atoms with Crippen molar-refractivity contribution in [1.82, 2.24) is 5.32 Å². The van der Waals surface area contributed by atoms with Gasteiger partial charge in [0.25, 0.3) is 15.9 Å². The normalized spacial score (nSPS) is 12.2. The number of amides is 1. The second-order valence-corrected chi connectivity index (χ2v) is 8.28. The van der Waals surface area contributed by atoms with Crippen molar-refractivity contribution in [3.05, 3.63) is 95.6 Å². The molecule has 0 unspecified atom stereocenters. The van der Waals surface area contributed by atoms with E-state index in [0.29, 0.717) is 11.3 Å². The quantitative estimate of drug-likeness (QED) is 0.655. The molecular weight excluding hydrogens is 372 g/mol. The summed E-state index contributed by atoms with van der Waals surface area (Å²) in [5.74, 6) is -0.258. The summed E-state index contributed by atoms with van der Waals surface area (Å²) < 4.78 is 27.6. The van der Waals surface area contributed by atoms with Crippen molar-refractivity contribution in [3.63, 3.8) is 0 Å². The number of hydrogen-bond acceptors (Lipinski definition) is 3. The molecule has 0 spiro atoms. The lowest BCUT2D eigenvalue weighted by atomic mass is 10.1. The summed E-state index contributed by atoms with van der Waals surface area (Å²) in [6.07, 6.45) is 0. The zero-order valence-corrected chi connectivity index (χ0v) is 16.5.